The number of rotatable bonds is 7. The number of piperazine rings is 1. The van der Waals surface area contributed by atoms with Gasteiger partial charge in [0.25, 0.3) is 0 Å². The van der Waals surface area contributed by atoms with Crippen LogP contribution in [0, 0.1) is 0 Å². The Balaban J connectivity index is 2.24. The summed E-state index contributed by atoms with van der Waals surface area (Å²) >= 11 is 0. The van der Waals surface area contributed by atoms with Gasteiger partial charge in [0.05, 0.1) is 0 Å². The molecule has 7 heteroatoms. The van der Waals surface area contributed by atoms with Crippen molar-refractivity contribution in [2.75, 3.05) is 26.2 Å². The Labute approximate surface area is 140 Å². The maximum atomic E-state index is 12.5. The van der Waals surface area contributed by atoms with E-state index in [4.69, 9.17) is 0 Å². The van der Waals surface area contributed by atoms with Gasteiger partial charge >= 0.3 is 6.36 Å². The minimum atomic E-state index is -4.74. The molecule has 0 saturated carbocycles. The highest BCUT2D eigenvalue weighted by Crippen LogP contribution is 2.36. The normalized spacial score (nSPS) is 17.7. The highest BCUT2D eigenvalue weighted by molar-refractivity contribution is 5.41. The molecule has 1 aliphatic heterocycles. The monoisotopic (exact) mass is 346 g/mol. The number of alkyl halides is 3. The van der Waals surface area contributed by atoms with Crippen LogP contribution in [0.4, 0.5) is 13.2 Å². The highest BCUT2D eigenvalue weighted by Gasteiger charge is 2.32. The van der Waals surface area contributed by atoms with Crippen LogP contribution < -0.4 is 10.1 Å². The van der Waals surface area contributed by atoms with E-state index in [-0.39, 0.29) is 17.5 Å². The second-order valence-electron chi connectivity index (χ2n) is 6.07. The first-order valence-corrected chi connectivity index (χ1v) is 8.44. The number of ether oxygens (including phenoxy) is 1. The van der Waals surface area contributed by atoms with Gasteiger partial charge in [-0.2, -0.15) is 0 Å². The zero-order chi connectivity index (χ0) is 17.6. The zero-order valence-electron chi connectivity index (χ0n) is 13.9. The summed E-state index contributed by atoms with van der Waals surface area (Å²) in [4.78, 5) is 2.22. The number of benzene rings is 1. The van der Waals surface area contributed by atoms with E-state index in [1.165, 1.54) is 12.1 Å². The third kappa shape index (κ3) is 5.56. The number of unbranched alkanes of at least 4 members (excludes halogenated alkanes) is 2. The van der Waals surface area contributed by atoms with Gasteiger partial charge in [-0.05, 0) is 24.6 Å². The van der Waals surface area contributed by atoms with Gasteiger partial charge in [-0.25, -0.2) is 0 Å². The second kappa shape index (κ2) is 8.58. The molecule has 24 heavy (non-hydrogen) atoms. The van der Waals surface area contributed by atoms with E-state index in [0.29, 0.717) is 5.56 Å². The minimum Gasteiger partial charge on any atom is -0.508 e. The molecule has 1 aromatic carbocycles. The van der Waals surface area contributed by atoms with Crippen LogP contribution in [0.1, 0.15) is 44.2 Å². The van der Waals surface area contributed by atoms with Crippen LogP contribution >= 0.6 is 0 Å². The quantitative estimate of drug-likeness (QED) is 0.737. The summed E-state index contributed by atoms with van der Waals surface area (Å²) in [5, 5.41) is 13.5. The predicted molar refractivity (Wildman–Crippen MR) is 86.1 cm³/mol. The lowest BCUT2D eigenvalue weighted by molar-refractivity contribution is -0.274. The van der Waals surface area contributed by atoms with Crippen molar-refractivity contribution in [2.45, 2.75) is 45.0 Å². The van der Waals surface area contributed by atoms with Gasteiger partial charge in [-0.15, -0.1) is 13.2 Å². The van der Waals surface area contributed by atoms with Crippen molar-refractivity contribution in [3.63, 3.8) is 0 Å². The van der Waals surface area contributed by atoms with Crippen molar-refractivity contribution in [1.82, 2.24) is 10.2 Å². The van der Waals surface area contributed by atoms with Crippen LogP contribution in [-0.4, -0.2) is 42.5 Å². The van der Waals surface area contributed by atoms with Crippen LogP contribution in [0.15, 0.2) is 18.2 Å². The molecule has 0 spiro atoms. The molecule has 0 bridgehead atoms. The number of hydrogen-bond acceptors (Lipinski definition) is 4. The van der Waals surface area contributed by atoms with Crippen molar-refractivity contribution >= 4 is 0 Å². The molecule has 2 rings (SSSR count). The zero-order valence-corrected chi connectivity index (χ0v) is 13.9. The number of nitrogens with zero attached hydrogens (tertiary/aromatic N) is 1. The van der Waals surface area contributed by atoms with Gasteiger partial charge in [0.2, 0.25) is 0 Å². The number of phenols is 1. The third-order valence-electron chi connectivity index (χ3n) is 4.27. The average molecular weight is 346 g/mol. The number of nitrogens with one attached hydrogen (secondary N) is 1. The Bertz CT molecular complexity index is 517. The van der Waals surface area contributed by atoms with Crippen molar-refractivity contribution in [1.29, 1.82) is 0 Å². The van der Waals surface area contributed by atoms with Gasteiger partial charge in [0.15, 0.2) is 0 Å². The molecule has 136 valence electrons. The summed E-state index contributed by atoms with van der Waals surface area (Å²) in [5.74, 6) is -0.268. The smallest absolute Gasteiger partial charge is 0.508 e. The van der Waals surface area contributed by atoms with Crippen molar-refractivity contribution < 1.29 is 23.0 Å². The summed E-state index contributed by atoms with van der Waals surface area (Å²) in [6.45, 7) is 5.39. The number of aromatic hydroxyl groups is 1. The van der Waals surface area contributed by atoms with Crippen molar-refractivity contribution in [3.8, 4) is 11.5 Å². The molecule has 2 N–H and O–H groups in total. The lowest BCUT2D eigenvalue weighted by atomic mass is 9.97. The van der Waals surface area contributed by atoms with Gasteiger partial charge < -0.3 is 15.2 Å². The molecule has 1 aromatic rings. The van der Waals surface area contributed by atoms with Crippen molar-refractivity contribution in [2.24, 2.45) is 0 Å². The van der Waals surface area contributed by atoms with Gasteiger partial charge in [-0.1, -0.05) is 26.2 Å². The lowest BCUT2D eigenvalue weighted by Crippen LogP contribution is -2.45. The van der Waals surface area contributed by atoms with E-state index in [9.17, 15) is 18.3 Å². The molecule has 4 nitrogen and oxygen atoms in total. The summed E-state index contributed by atoms with van der Waals surface area (Å²) in [6.07, 6.45) is -0.841. The van der Waals surface area contributed by atoms with Crippen LogP contribution in [0.25, 0.3) is 0 Å². The van der Waals surface area contributed by atoms with Gasteiger partial charge in [0.1, 0.15) is 11.5 Å². The molecule has 0 radical (unpaired) electrons. The molecule has 0 aliphatic carbocycles. The first kappa shape index (κ1) is 18.9. The lowest BCUT2D eigenvalue weighted by Gasteiger charge is -2.35. The molecule has 1 heterocycles. The maximum Gasteiger partial charge on any atom is 0.573 e. The fourth-order valence-electron chi connectivity index (χ4n) is 3.11. The van der Waals surface area contributed by atoms with E-state index in [2.05, 4.69) is 21.9 Å². The molecular formula is C17H25F3N2O2. The predicted octanol–water partition coefficient (Wildman–Crippen LogP) is 3.82. The number of hydrogen-bond donors (Lipinski definition) is 2. The second-order valence-corrected chi connectivity index (χ2v) is 6.07. The molecule has 0 aromatic heterocycles. The summed E-state index contributed by atoms with van der Waals surface area (Å²) < 4.78 is 41.4. The molecule has 0 amide bonds. The van der Waals surface area contributed by atoms with E-state index in [1.54, 1.807) is 0 Å². The molecule has 1 saturated heterocycles. The van der Waals surface area contributed by atoms with Gasteiger partial charge in [-0.3, -0.25) is 4.90 Å². The topological polar surface area (TPSA) is 44.7 Å². The summed E-state index contributed by atoms with van der Waals surface area (Å²) in [6, 6.07) is 3.65. The fraction of sp³-hybridized carbons (Fsp3) is 0.647. The summed E-state index contributed by atoms with van der Waals surface area (Å²) in [7, 11) is 0. The third-order valence-corrected chi connectivity index (χ3v) is 4.27. The molecule has 1 aliphatic rings. The van der Waals surface area contributed by atoms with E-state index in [1.807, 2.05) is 0 Å². The number of halogens is 3. The maximum absolute atomic E-state index is 12.5. The van der Waals surface area contributed by atoms with Crippen LogP contribution in [0.2, 0.25) is 0 Å². The van der Waals surface area contributed by atoms with Crippen LogP contribution in [0.3, 0.4) is 0 Å². The minimum absolute atomic E-state index is 0.0181. The van der Waals surface area contributed by atoms with E-state index < -0.39 is 6.36 Å². The molecular weight excluding hydrogens is 321 g/mol. The first-order valence-electron chi connectivity index (χ1n) is 8.44. The Kier molecular flexibility index (Phi) is 6.74. The fourth-order valence-corrected chi connectivity index (χ4v) is 3.11. The summed E-state index contributed by atoms with van der Waals surface area (Å²) in [5.41, 5.74) is 0.509. The number of phenolic OH excluding ortho intramolecular Hbond substituents is 1. The Hall–Kier alpha value is -1.47. The van der Waals surface area contributed by atoms with Crippen molar-refractivity contribution in [3.05, 3.63) is 23.8 Å². The first-order chi connectivity index (χ1) is 11.4. The molecule has 1 fully saturated rings. The van der Waals surface area contributed by atoms with Crippen LogP contribution in [-0.2, 0) is 0 Å². The molecule has 1 atom stereocenters. The largest absolute Gasteiger partial charge is 0.573 e. The Morgan fingerprint density at radius 2 is 1.96 bits per heavy atom. The van der Waals surface area contributed by atoms with E-state index in [0.717, 1.165) is 57.9 Å². The average Bonchev–Trinajstić information content (AvgIpc) is 2.53. The highest BCUT2D eigenvalue weighted by atomic mass is 19.4. The standard InChI is InChI=1S/C17H25F3N2O2/c1-2-3-4-5-15(22-10-8-21-9-11-22)14-12-13(6-7-16(14)23)24-17(18,19)20/h6-7,12,15,21,23H,2-5,8-11H2,1H3/t15-/m0/s1. The van der Waals surface area contributed by atoms with Gasteiger partial charge in [0, 0.05) is 37.8 Å². The molecule has 0 unspecified atom stereocenters. The van der Waals surface area contributed by atoms with E-state index >= 15 is 0 Å². The van der Waals surface area contributed by atoms with Crippen LogP contribution in [0.5, 0.6) is 11.5 Å². The Morgan fingerprint density at radius 1 is 1.25 bits per heavy atom. The SMILES string of the molecule is CCCCC[C@@H](c1cc(OC(F)(F)F)ccc1O)N1CCNCC1. The Morgan fingerprint density at radius 3 is 2.58 bits per heavy atom.